The van der Waals surface area contributed by atoms with Gasteiger partial charge in [-0.05, 0) is 19.4 Å². The predicted molar refractivity (Wildman–Crippen MR) is 65.3 cm³/mol. The van der Waals surface area contributed by atoms with Crippen LogP contribution in [0.25, 0.3) is 0 Å². The van der Waals surface area contributed by atoms with Crippen LogP contribution in [0.4, 0.5) is 0 Å². The first-order valence-corrected chi connectivity index (χ1v) is 5.98. The van der Waals surface area contributed by atoms with Crippen molar-refractivity contribution in [2.24, 2.45) is 5.92 Å². The number of hydrogen-bond donors (Lipinski definition) is 2. The quantitative estimate of drug-likeness (QED) is 0.711. The highest BCUT2D eigenvalue weighted by molar-refractivity contribution is 5.75. The van der Waals surface area contributed by atoms with Crippen molar-refractivity contribution in [3.63, 3.8) is 0 Å². The highest BCUT2D eigenvalue weighted by Crippen LogP contribution is 1.94. The largest absolute Gasteiger partial charge is 0.355 e. The zero-order valence-corrected chi connectivity index (χ0v) is 10.7. The molecule has 0 saturated carbocycles. The Hall–Kier alpha value is -1.43. The van der Waals surface area contributed by atoms with Gasteiger partial charge in [-0.2, -0.15) is 0 Å². The van der Waals surface area contributed by atoms with Crippen molar-refractivity contribution < 1.29 is 4.79 Å². The van der Waals surface area contributed by atoms with E-state index in [1.54, 1.807) is 10.9 Å². The second kappa shape index (κ2) is 7.01. The van der Waals surface area contributed by atoms with E-state index in [0.717, 1.165) is 12.2 Å². The van der Waals surface area contributed by atoms with E-state index >= 15 is 0 Å². The molecule has 0 atom stereocenters. The molecule has 6 nitrogen and oxygen atoms in total. The van der Waals surface area contributed by atoms with Gasteiger partial charge in [0.05, 0.1) is 11.9 Å². The summed E-state index contributed by atoms with van der Waals surface area (Å²) in [5.74, 6) is 0.569. The summed E-state index contributed by atoms with van der Waals surface area (Å²) < 4.78 is 1.55. The number of amides is 1. The molecule has 0 saturated heterocycles. The topological polar surface area (TPSA) is 71.8 Å². The summed E-state index contributed by atoms with van der Waals surface area (Å²) in [5, 5.41) is 13.9. The van der Waals surface area contributed by atoms with Crippen LogP contribution in [0.15, 0.2) is 6.20 Å². The van der Waals surface area contributed by atoms with Crippen LogP contribution in [0.5, 0.6) is 0 Å². The van der Waals surface area contributed by atoms with Gasteiger partial charge >= 0.3 is 0 Å². The lowest BCUT2D eigenvalue weighted by Gasteiger charge is -2.04. The van der Waals surface area contributed by atoms with E-state index in [2.05, 4.69) is 34.8 Å². The van der Waals surface area contributed by atoms with Crippen LogP contribution in [0.2, 0.25) is 0 Å². The molecular formula is C11H21N5O. The Morgan fingerprint density at radius 2 is 2.29 bits per heavy atom. The molecule has 0 spiro atoms. The van der Waals surface area contributed by atoms with Gasteiger partial charge in [-0.25, -0.2) is 4.68 Å². The van der Waals surface area contributed by atoms with Crippen LogP contribution < -0.4 is 10.6 Å². The van der Waals surface area contributed by atoms with Gasteiger partial charge in [-0.15, -0.1) is 5.10 Å². The lowest BCUT2D eigenvalue weighted by molar-refractivity contribution is -0.121. The zero-order valence-electron chi connectivity index (χ0n) is 10.7. The van der Waals surface area contributed by atoms with Gasteiger partial charge in [0.15, 0.2) is 0 Å². The predicted octanol–water partition coefficient (Wildman–Crippen LogP) is 0.160. The minimum atomic E-state index is -0.0425. The minimum Gasteiger partial charge on any atom is -0.355 e. The normalized spacial score (nSPS) is 10.8. The smallest absolute Gasteiger partial charge is 0.241 e. The summed E-state index contributed by atoms with van der Waals surface area (Å²) in [5.41, 5.74) is 0.856. The summed E-state index contributed by atoms with van der Waals surface area (Å²) in [6.45, 7) is 8.69. The van der Waals surface area contributed by atoms with Crippen LogP contribution >= 0.6 is 0 Å². The second-order valence-electron chi connectivity index (χ2n) is 4.39. The lowest BCUT2D eigenvalue weighted by Crippen LogP contribution is -2.27. The Morgan fingerprint density at radius 3 is 2.94 bits per heavy atom. The number of likely N-dealkylation sites (N-methyl/N-ethyl adjacent to an activating group) is 1. The zero-order chi connectivity index (χ0) is 12.7. The maximum Gasteiger partial charge on any atom is 0.241 e. The van der Waals surface area contributed by atoms with E-state index < -0.39 is 0 Å². The number of carbonyl (C=O) groups is 1. The highest BCUT2D eigenvalue weighted by Gasteiger charge is 2.04. The number of nitrogens with one attached hydrogen (secondary N) is 2. The van der Waals surface area contributed by atoms with Gasteiger partial charge in [0.1, 0.15) is 6.54 Å². The summed E-state index contributed by atoms with van der Waals surface area (Å²) in [7, 11) is 0. The van der Waals surface area contributed by atoms with Gasteiger partial charge in [0, 0.05) is 13.1 Å². The molecule has 1 amide bonds. The Kier molecular flexibility index (Phi) is 5.62. The first kappa shape index (κ1) is 13.6. The number of hydrogen-bond acceptors (Lipinski definition) is 4. The van der Waals surface area contributed by atoms with E-state index in [0.29, 0.717) is 19.0 Å². The molecule has 0 aliphatic carbocycles. The second-order valence-corrected chi connectivity index (χ2v) is 4.39. The van der Waals surface area contributed by atoms with Crippen molar-refractivity contribution in [1.29, 1.82) is 0 Å². The highest BCUT2D eigenvalue weighted by atomic mass is 16.2. The third kappa shape index (κ3) is 5.44. The van der Waals surface area contributed by atoms with Gasteiger partial charge in [0.2, 0.25) is 5.91 Å². The van der Waals surface area contributed by atoms with E-state index in [4.69, 9.17) is 0 Å². The summed E-state index contributed by atoms with van der Waals surface area (Å²) in [4.78, 5) is 11.3. The van der Waals surface area contributed by atoms with Crippen LogP contribution in [-0.2, 0) is 17.9 Å². The molecule has 0 bridgehead atoms. The fourth-order valence-corrected chi connectivity index (χ4v) is 1.39. The van der Waals surface area contributed by atoms with Gasteiger partial charge in [0.25, 0.3) is 0 Å². The van der Waals surface area contributed by atoms with E-state index in [9.17, 15) is 4.79 Å². The summed E-state index contributed by atoms with van der Waals surface area (Å²) >= 11 is 0. The molecule has 17 heavy (non-hydrogen) atoms. The van der Waals surface area contributed by atoms with Gasteiger partial charge in [-0.3, -0.25) is 4.79 Å². The molecule has 96 valence electrons. The number of nitrogens with zero attached hydrogens (tertiary/aromatic N) is 3. The van der Waals surface area contributed by atoms with Crippen LogP contribution in [0.1, 0.15) is 26.5 Å². The lowest BCUT2D eigenvalue weighted by atomic mass is 10.2. The number of aromatic nitrogens is 3. The molecule has 1 heterocycles. The molecule has 0 unspecified atom stereocenters. The molecule has 1 aromatic rings. The Bertz CT molecular complexity index is 347. The van der Waals surface area contributed by atoms with Crippen molar-refractivity contribution >= 4 is 5.91 Å². The fourth-order valence-electron chi connectivity index (χ4n) is 1.39. The van der Waals surface area contributed by atoms with E-state index in [-0.39, 0.29) is 12.5 Å². The molecule has 0 radical (unpaired) electrons. The molecule has 6 heteroatoms. The maximum atomic E-state index is 11.3. The van der Waals surface area contributed by atoms with Crippen molar-refractivity contribution in [3.8, 4) is 0 Å². The summed E-state index contributed by atoms with van der Waals surface area (Å²) in [6.07, 6.45) is 1.79. The van der Waals surface area contributed by atoms with E-state index in [1.165, 1.54) is 0 Å². The Morgan fingerprint density at radius 1 is 1.53 bits per heavy atom. The third-order valence-electron chi connectivity index (χ3n) is 2.12. The number of rotatable bonds is 7. The van der Waals surface area contributed by atoms with Gasteiger partial charge < -0.3 is 10.6 Å². The Labute approximate surface area is 102 Å². The average Bonchev–Trinajstić information content (AvgIpc) is 2.65. The van der Waals surface area contributed by atoms with Crippen molar-refractivity contribution in [1.82, 2.24) is 25.6 Å². The monoisotopic (exact) mass is 239 g/mol. The van der Waals surface area contributed by atoms with Crippen LogP contribution in [0.3, 0.4) is 0 Å². The van der Waals surface area contributed by atoms with Crippen LogP contribution in [-0.4, -0.2) is 34.0 Å². The van der Waals surface area contributed by atoms with Crippen molar-refractivity contribution in [2.45, 2.75) is 33.9 Å². The molecule has 2 N–H and O–H groups in total. The van der Waals surface area contributed by atoms with Gasteiger partial charge in [-0.1, -0.05) is 19.1 Å². The first-order valence-electron chi connectivity index (χ1n) is 5.98. The summed E-state index contributed by atoms with van der Waals surface area (Å²) in [6, 6.07) is 0. The average molecular weight is 239 g/mol. The maximum absolute atomic E-state index is 11.3. The molecule has 1 rings (SSSR count). The standard InChI is InChI=1S/C11H21N5O/c1-4-13-11(17)8-16-7-10(14-15-16)6-12-5-9(2)3/h7,9,12H,4-6,8H2,1-3H3,(H,13,17). The van der Waals surface area contributed by atoms with Crippen LogP contribution in [0, 0.1) is 5.92 Å². The third-order valence-corrected chi connectivity index (χ3v) is 2.12. The molecule has 1 aromatic heterocycles. The fraction of sp³-hybridized carbons (Fsp3) is 0.727. The van der Waals surface area contributed by atoms with Crippen molar-refractivity contribution in [3.05, 3.63) is 11.9 Å². The van der Waals surface area contributed by atoms with Crippen molar-refractivity contribution in [2.75, 3.05) is 13.1 Å². The molecule has 0 aromatic carbocycles. The first-order chi connectivity index (χ1) is 8.11. The number of carbonyl (C=O) groups excluding carboxylic acids is 1. The molecule has 0 aliphatic rings. The molecule has 0 fully saturated rings. The minimum absolute atomic E-state index is 0.0425. The van der Waals surface area contributed by atoms with E-state index in [1.807, 2.05) is 6.92 Å². The molecule has 0 aliphatic heterocycles. The Balaban J connectivity index is 2.34. The molecular weight excluding hydrogens is 218 g/mol. The SMILES string of the molecule is CCNC(=O)Cn1cc(CNCC(C)C)nn1.